The van der Waals surface area contributed by atoms with Gasteiger partial charge in [0, 0.05) is 10.8 Å². The van der Waals surface area contributed by atoms with Crippen LogP contribution in [0.3, 0.4) is 0 Å². The van der Waals surface area contributed by atoms with Gasteiger partial charge in [-0.1, -0.05) is 62.5 Å². The van der Waals surface area contributed by atoms with Gasteiger partial charge in [0.15, 0.2) is 0 Å². The van der Waals surface area contributed by atoms with Crippen molar-refractivity contribution in [3.63, 3.8) is 0 Å². The molecule has 2 aliphatic carbocycles. The summed E-state index contributed by atoms with van der Waals surface area (Å²) >= 11 is 0. The van der Waals surface area contributed by atoms with Crippen LogP contribution in [-0.2, 0) is 26.2 Å². The molecule has 0 unspecified atom stereocenters. The number of hydrogen-bond donors (Lipinski definition) is 0. The molecule has 0 fully saturated rings. The van der Waals surface area contributed by atoms with E-state index in [4.69, 9.17) is 0 Å². The Kier molecular flexibility index (Phi) is 8.21. The van der Waals surface area contributed by atoms with E-state index in [0.29, 0.717) is 0 Å². The minimum atomic E-state index is 0. The summed E-state index contributed by atoms with van der Waals surface area (Å²) in [5, 5.41) is 0. The van der Waals surface area contributed by atoms with Crippen molar-refractivity contribution in [2.24, 2.45) is 10.8 Å². The summed E-state index contributed by atoms with van der Waals surface area (Å²) < 4.78 is 0. The summed E-state index contributed by atoms with van der Waals surface area (Å²) in [5.41, 5.74) is 0.515. The van der Waals surface area contributed by atoms with E-state index in [1.54, 1.807) is 0 Å². The van der Waals surface area contributed by atoms with Crippen molar-refractivity contribution in [3.8, 4) is 0 Å². The van der Waals surface area contributed by atoms with Crippen LogP contribution in [-0.4, -0.2) is 0 Å². The Balaban J connectivity index is 0. The Hall–Kier alpha value is 0.423. The molecule has 0 radical (unpaired) electrons. The third-order valence-electron chi connectivity index (χ3n) is 2.89. The topological polar surface area (TPSA) is 0 Å². The van der Waals surface area contributed by atoms with Gasteiger partial charge >= 0.3 is 26.2 Å². The molecule has 2 aliphatic rings. The van der Waals surface area contributed by atoms with Gasteiger partial charge in [-0.15, -0.1) is 0 Å². The molecule has 0 saturated heterocycles. The molecule has 0 heterocycles. The van der Waals surface area contributed by atoms with Crippen LogP contribution in [0.4, 0.5) is 0 Å². The molecule has 0 aromatic carbocycles. The Morgan fingerprint density at radius 2 is 0.938 bits per heavy atom. The van der Waals surface area contributed by atoms with Gasteiger partial charge in [-0.05, 0) is 6.42 Å². The molecule has 0 nitrogen and oxygen atoms in total. The SMILES string of the molecule is CC1(CC2(C)C=CC=C2)C=CC=C1.[Cl-].[Cl-].[Zr+2]. The molecule has 0 amide bonds. The second-order valence-corrected chi connectivity index (χ2v) is 4.62. The fraction of sp³-hybridized carbons (Fsp3) is 0.385. The first-order valence-electron chi connectivity index (χ1n) is 4.86. The van der Waals surface area contributed by atoms with E-state index in [1.807, 2.05) is 0 Å². The molecular formula is C13H16Cl2Zr. The van der Waals surface area contributed by atoms with Gasteiger partial charge in [-0.2, -0.15) is 0 Å². The van der Waals surface area contributed by atoms with Crippen molar-refractivity contribution in [2.45, 2.75) is 20.3 Å². The molecule has 0 aliphatic heterocycles. The van der Waals surface area contributed by atoms with Crippen molar-refractivity contribution < 1.29 is 51.0 Å². The van der Waals surface area contributed by atoms with E-state index in [2.05, 4.69) is 62.5 Å². The van der Waals surface area contributed by atoms with Gasteiger partial charge in [-0.25, -0.2) is 0 Å². The maximum Gasteiger partial charge on any atom is 2.00 e. The normalized spacial score (nSPS) is 21.1. The molecule has 3 heteroatoms. The Bertz CT molecular complexity index is 271. The van der Waals surface area contributed by atoms with Gasteiger partial charge in [-0.3, -0.25) is 0 Å². The number of hydrogen-bond acceptors (Lipinski definition) is 0. The minimum Gasteiger partial charge on any atom is -1.00 e. The summed E-state index contributed by atoms with van der Waals surface area (Å²) in [7, 11) is 0. The predicted octanol–water partition coefficient (Wildman–Crippen LogP) is -2.35. The van der Waals surface area contributed by atoms with Crippen LogP contribution in [0.15, 0.2) is 48.6 Å². The summed E-state index contributed by atoms with van der Waals surface area (Å²) in [4.78, 5) is 0. The first kappa shape index (κ1) is 18.8. The zero-order chi connectivity index (χ0) is 9.36. The van der Waals surface area contributed by atoms with E-state index in [9.17, 15) is 0 Å². The van der Waals surface area contributed by atoms with Gasteiger partial charge in [0.2, 0.25) is 0 Å². The first-order valence-corrected chi connectivity index (χ1v) is 4.86. The van der Waals surface area contributed by atoms with E-state index in [1.165, 1.54) is 6.42 Å². The van der Waals surface area contributed by atoms with Crippen molar-refractivity contribution in [3.05, 3.63) is 48.6 Å². The average Bonchev–Trinajstić information content (AvgIpc) is 2.60. The molecule has 0 bridgehead atoms. The van der Waals surface area contributed by atoms with Crippen LogP contribution in [0, 0.1) is 10.8 Å². The number of allylic oxidation sites excluding steroid dienone is 8. The van der Waals surface area contributed by atoms with Crippen LogP contribution in [0.2, 0.25) is 0 Å². The van der Waals surface area contributed by atoms with E-state index >= 15 is 0 Å². The fourth-order valence-electron chi connectivity index (χ4n) is 2.27. The molecule has 0 saturated carbocycles. The monoisotopic (exact) mass is 332 g/mol. The fourth-order valence-corrected chi connectivity index (χ4v) is 2.27. The predicted molar refractivity (Wildman–Crippen MR) is 57.4 cm³/mol. The maximum atomic E-state index is 2.29. The zero-order valence-electron chi connectivity index (χ0n) is 9.58. The second-order valence-electron chi connectivity index (χ2n) is 4.62. The minimum absolute atomic E-state index is 0. The third-order valence-corrected chi connectivity index (χ3v) is 2.89. The Morgan fingerprint density at radius 1 is 0.688 bits per heavy atom. The van der Waals surface area contributed by atoms with Crippen LogP contribution >= 0.6 is 0 Å². The molecule has 2 rings (SSSR count). The van der Waals surface area contributed by atoms with Gasteiger partial charge < -0.3 is 24.8 Å². The number of rotatable bonds is 2. The average molecular weight is 334 g/mol. The van der Waals surface area contributed by atoms with Crippen LogP contribution < -0.4 is 24.8 Å². The van der Waals surface area contributed by atoms with Crippen LogP contribution in [0.25, 0.3) is 0 Å². The second kappa shape index (κ2) is 6.99. The first-order chi connectivity index (χ1) is 6.12. The Morgan fingerprint density at radius 3 is 1.19 bits per heavy atom. The zero-order valence-corrected chi connectivity index (χ0v) is 13.6. The molecule has 0 aromatic heterocycles. The molecule has 16 heavy (non-hydrogen) atoms. The third kappa shape index (κ3) is 4.36. The standard InChI is InChI=1S/C13H16.2ClH.Zr/c1-12(7-3-4-8-12)11-13(2)9-5-6-10-13;;;/h3-10H,11H2,1-2H3;2*1H;/q;;;+2/p-2. The number of halogens is 2. The summed E-state index contributed by atoms with van der Waals surface area (Å²) in [5.74, 6) is 0. The van der Waals surface area contributed by atoms with E-state index < -0.39 is 0 Å². The molecule has 86 valence electrons. The van der Waals surface area contributed by atoms with E-state index in [0.717, 1.165) is 0 Å². The molecular weight excluding hydrogens is 318 g/mol. The molecule has 0 N–H and O–H groups in total. The van der Waals surface area contributed by atoms with Gasteiger partial charge in [0.05, 0.1) is 0 Å². The molecule has 0 spiro atoms. The van der Waals surface area contributed by atoms with Crippen molar-refractivity contribution >= 4 is 0 Å². The summed E-state index contributed by atoms with van der Waals surface area (Å²) in [6.07, 6.45) is 18.9. The van der Waals surface area contributed by atoms with Crippen molar-refractivity contribution in [1.82, 2.24) is 0 Å². The largest absolute Gasteiger partial charge is 2.00 e. The molecule has 0 atom stereocenters. The maximum absolute atomic E-state index is 2.29. The summed E-state index contributed by atoms with van der Waals surface area (Å²) in [6.45, 7) is 4.58. The smallest absolute Gasteiger partial charge is 1.00 e. The van der Waals surface area contributed by atoms with Crippen molar-refractivity contribution in [2.75, 3.05) is 0 Å². The summed E-state index contributed by atoms with van der Waals surface area (Å²) in [6, 6.07) is 0. The van der Waals surface area contributed by atoms with Gasteiger partial charge in [0.1, 0.15) is 0 Å². The van der Waals surface area contributed by atoms with E-state index in [-0.39, 0.29) is 61.8 Å². The van der Waals surface area contributed by atoms with Crippen molar-refractivity contribution in [1.29, 1.82) is 0 Å². The molecule has 0 aromatic rings. The quantitative estimate of drug-likeness (QED) is 0.530. The van der Waals surface area contributed by atoms with Crippen LogP contribution in [0.5, 0.6) is 0 Å². The van der Waals surface area contributed by atoms with Crippen LogP contribution in [0.1, 0.15) is 20.3 Å². The Labute approximate surface area is 130 Å². The van der Waals surface area contributed by atoms with Gasteiger partial charge in [0.25, 0.3) is 0 Å².